The third-order valence-electron chi connectivity index (χ3n) is 5.23. The van der Waals surface area contributed by atoms with Crippen molar-refractivity contribution in [2.75, 3.05) is 13.2 Å². The van der Waals surface area contributed by atoms with Crippen molar-refractivity contribution in [2.45, 2.75) is 32.2 Å². The normalized spacial score (nSPS) is 20.8. The second-order valence-corrected chi connectivity index (χ2v) is 12.2. The first-order valence-corrected chi connectivity index (χ1v) is 10.8. The summed E-state index contributed by atoms with van der Waals surface area (Å²) in [7, 11) is -2.40. The summed E-state index contributed by atoms with van der Waals surface area (Å²) in [5, 5.41) is 12.0. The maximum atomic E-state index is 9.36. The second-order valence-electron chi connectivity index (χ2n) is 7.91. The van der Waals surface area contributed by atoms with Gasteiger partial charge in [0.05, 0.1) is 0 Å². The lowest BCUT2D eigenvalue weighted by Gasteiger charge is -2.43. The van der Waals surface area contributed by atoms with Crippen LogP contribution in [0.5, 0.6) is 0 Å². The quantitative estimate of drug-likeness (QED) is 0.819. The number of benzene rings is 2. The molecule has 0 unspecified atom stereocenters. The van der Waals surface area contributed by atoms with Crippen molar-refractivity contribution in [2.24, 2.45) is 11.8 Å². The van der Waals surface area contributed by atoms with Crippen molar-refractivity contribution in [1.82, 2.24) is 0 Å². The minimum absolute atomic E-state index is 0.0271. The van der Waals surface area contributed by atoms with Crippen LogP contribution in [-0.2, 0) is 4.43 Å². The summed E-state index contributed by atoms with van der Waals surface area (Å²) in [6.45, 7) is 7.94. The van der Waals surface area contributed by atoms with E-state index in [2.05, 4.69) is 81.4 Å². The summed E-state index contributed by atoms with van der Waals surface area (Å²) in [4.78, 5) is 0. The van der Waals surface area contributed by atoms with Gasteiger partial charge in [-0.05, 0) is 33.7 Å². The zero-order chi connectivity index (χ0) is 17.2. The Balaban J connectivity index is 2.04. The first kappa shape index (κ1) is 17.4. The first-order valence-electron chi connectivity index (χ1n) is 8.85. The van der Waals surface area contributed by atoms with Crippen molar-refractivity contribution in [3.63, 3.8) is 0 Å². The molecule has 1 N–H and O–H groups in total. The van der Waals surface area contributed by atoms with Crippen LogP contribution in [0.15, 0.2) is 60.7 Å². The number of aliphatic hydroxyl groups is 1. The number of aliphatic hydroxyl groups excluding tert-OH is 1. The fourth-order valence-electron chi connectivity index (χ4n) is 3.73. The van der Waals surface area contributed by atoms with Crippen molar-refractivity contribution < 1.29 is 9.53 Å². The number of rotatable bonds is 6. The molecule has 0 saturated heterocycles. The molecule has 0 heterocycles. The molecule has 2 nitrogen and oxygen atoms in total. The lowest BCUT2D eigenvalue weighted by atomic mass is 10.2. The Morgan fingerprint density at radius 1 is 0.917 bits per heavy atom. The zero-order valence-corrected chi connectivity index (χ0v) is 15.9. The van der Waals surface area contributed by atoms with Crippen LogP contribution in [0.3, 0.4) is 0 Å². The molecule has 1 aliphatic carbocycles. The van der Waals surface area contributed by atoms with Gasteiger partial charge in [-0.15, -0.1) is 0 Å². The summed E-state index contributed by atoms with van der Waals surface area (Å²) in [5.74, 6) is 0.944. The van der Waals surface area contributed by atoms with Gasteiger partial charge in [0, 0.05) is 13.2 Å². The van der Waals surface area contributed by atoms with Gasteiger partial charge in [0.1, 0.15) is 0 Å². The molecule has 0 aromatic heterocycles. The Hall–Kier alpha value is -1.42. The van der Waals surface area contributed by atoms with Crippen LogP contribution in [0.25, 0.3) is 0 Å². The Labute approximate surface area is 146 Å². The van der Waals surface area contributed by atoms with Gasteiger partial charge in [0.2, 0.25) is 0 Å². The smallest absolute Gasteiger partial charge is 0.261 e. The Morgan fingerprint density at radius 2 is 1.42 bits per heavy atom. The van der Waals surface area contributed by atoms with E-state index in [1.165, 1.54) is 10.4 Å². The minimum Gasteiger partial charge on any atom is -0.407 e. The largest absolute Gasteiger partial charge is 0.407 e. The average molecular weight is 341 g/mol. The van der Waals surface area contributed by atoms with Crippen LogP contribution in [0.4, 0.5) is 0 Å². The highest BCUT2D eigenvalue weighted by molar-refractivity contribution is 6.99. The molecule has 1 aliphatic rings. The monoisotopic (exact) mass is 340 g/mol. The Bertz CT molecular complexity index is 609. The molecular weight excluding hydrogens is 312 g/mol. The highest BCUT2D eigenvalue weighted by Gasteiger charge is 2.51. The van der Waals surface area contributed by atoms with E-state index >= 15 is 0 Å². The minimum atomic E-state index is -2.40. The van der Waals surface area contributed by atoms with Crippen LogP contribution in [0.2, 0.25) is 5.04 Å². The van der Waals surface area contributed by atoms with Crippen LogP contribution >= 0.6 is 0 Å². The molecular formula is C21H28O2Si. The summed E-state index contributed by atoms with van der Waals surface area (Å²) < 4.78 is 6.85. The number of hydrogen-bond donors (Lipinski definition) is 1. The molecule has 24 heavy (non-hydrogen) atoms. The van der Waals surface area contributed by atoms with E-state index in [1.807, 2.05) is 0 Å². The molecule has 0 spiro atoms. The van der Waals surface area contributed by atoms with Crippen molar-refractivity contribution in [1.29, 1.82) is 0 Å². The van der Waals surface area contributed by atoms with Crippen LogP contribution in [0.1, 0.15) is 27.2 Å². The van der Waals surface area contributed by atoms with E-state index in [4.69, 9.17) is 4.43 Å². The summed E-state index contributed by atoms with van der Waals surface area (Å²) >= 11 is 0. The standard InChI is InChI=1S/C21H28O2Si/c1-21(2,3)24(19-10-6-4-7-11-19,20-12-8-5-9-13-20)23-16-18-14-17(18)15-22/h4-13,17-18,22H,14-16H2,1-3H3/t17-,18+/m0/s1. The average Bonchev–Trinajstić information content (AvgIpc) is 3.35. The van der Waals surface area contributed by atoms with E-state index in [9.17, 15) is 5.11 Å². The van der Waals surface area contributed by atoms with Crippen molar-refractivity contribution in [3.8, 4) is 0 Å². The molecule has 0 amide bonds. The van der Waals surface area contributed by atoms with Crippen LogP contribution < -0.4 is 10.4 Å². The zero-order valence-electron chi connectivity index (χ0n) is 14.9. The maximum Gasteiger partial charge on any atom is 0.261 e. The van der Waals surface area contributed by atoms with E-state index in [-0.39, 0.29) is 11.6 Å². The van der Waals surface area contributed by atoms with Crippen LogP contribution in [0, 0.1) is 11.8 Å². The molecule has 128 valence electrons. The predicted molar refractivity (Wildman–Crippen MR) is 102 cm³/mol. The van der Waals surface area contributed by atoms with Gasteiger partial charge in [0.25, 0.3) is 8.32 Å². The Morgan fingerprint density at radius 3 is 1.79 bits per heavy atom. The molecule has 2 atom stereocenters. The molecule has 3 rings (SSSR count). The van der Waals surface area contributed by atoms with E-state index < -0.39 is 8.32 Å². The van der Waals surface area contributed by atoms with E-state index in [1.54, 1.807) is 0 Å². The molecule has 2 aromatic carbocycles. The number of hydrogen-bond acceptors (Lipinski definition) is 2. The second kappa shape index (κ2) is 6.83. The fraction of sp³-hybridized carbons (Fsp3) is 0.429. The van der Waals surface area contributed by atoms with Gasteiger partial charge < -0.3 is 9.53 Å². The summed E-state index contributed by atoms with van der Waals surface area (Å²) in [6, 6.07) is 21.5. The third-order valence-corrected chi connectivity index (χ3v) is 10.2. The molecule has 3 heteroatoms. The van der Waals surface area contributed by atoms with Gasteiger partial charge in [-0.1, -0.05) is 81.4 Å². The van der Waals surface area contributed by atoms with Crippen molar-refractivity contribution >= 4 is 18.7 Å². The highest BCUT2D eigenvalue weighted by Crippen LogP contribution is 2.42. The highest BCUT2D eigenvalue weighted by atomic mass is 28.4. The van der Waals surface area contributed by atoms with E-state index in [0.717, 1.165) is 13.0 Å². The molecule has 1 fully saturated rings. The van der Waals surface area contributed by atoms with Gasteiger partial charge in [0.15, 0.2) is 0 Å². The van der Waals surface area contributed by atoms with Gasteiger partial charge in [-0.25, -0.2) is 0 Å². The molecule has 0 radical (unpaired) electrons. The lowest BCUT2D eigenvalue weighted by molar-refractivity contribution is 0.236. The SMILES string of the molecule is CC(C)(C)[Si](OC[C@H]1C[C@H]1CO)(c1ccccc1)c1ccccc1. The van der Waals surface area contributed by atoms with Gasteiger partial charge in [-0.2, -0.15) is 0 Å². The molecule has 0 aliphatic heterocycles. The van der Waals surface area contributed by atoms with Crippen LogP contribution in [-0.4, -0.2) is 26.6 Å². The fourth-order valence-corrected chi connectivity index (χ4v) is 8.35. The maximum absolute atomic E-state index is 9.36. The topological polar surface area (TPSA) is 29.5 Å². The third kappa shape index (κ3) is 3.21. The first-order chi connectivity index (χ1) is 11.5. The van der Waals surface area contributed by atoms with E-state index in [0.29, 0.717) is 11.8 Å². The summed E-state index contributed by atoms with van der Waals surface area (Å²) in [5.41, 5.74) is 0. The van der Waals surface area contributed by atoms with Crippen molar-refractivity contribution in [3.05, 3.63) is 60.7 Å². The Kier molecular flexibility index (Phi) is 4.95. The molecule has 2 aromatic rings. The molecule has 0 bridgehead atoms. The summed E-state index contributed by atoms with van der Waals surface area (Å²) in [6.07, 6.45) is 1.09. The van der Waals surface area contributed by atoms with Gasteiger partial charge >= 0.3 is 0 Å². The predicted octanol–water partition coefficient (Wildman–Crippen LogP) is 3.19. The lowest BCUT2D eigenvalue weighted by Crippen LogP contribution is -2.66. The molecule has 1 saturated carbocycles. The van der Waals surface area contributed by atoms with Gasteiger partial charge in [-0.3, -0.25) is 0 Å².